The molecule has 112 valence electrons. The minimum absolute atomic E-state index is 0.253. The lowest BCUT2D eigenvalue weighted by Crippen LogP contribution is -2.17. The third-order valence-electron chi connectivity index (χ3n) is 3.25. The van der Waals surface area contributed by atoms with Crippen LogP contribution < -0.4 is 4.90 Å². The second kappa shape index (κ2) is 6.76. The molecule has 1 saturated heterocycles. The average Bonchev–Trinajstić information content (AvgIpc) is 3.24. The van der Waals surface area contributed by atoms with Gasteiger partial charge in [0.2, 0.25) is 5.13 Å². The van der Waals surface area contributed by atoms with Crippen LogP contribution in [0.4, 0.5) is 5.13 Å². The quantitative estimate of drug-likeness (QED) is 0.615. The average molecular weight is 341 g/mol. The fourth-order valence-electron chi connectivity index (χ4n) is 2.17. The maximum Gasteiger partial charge on any atom is 0.323 e. The highest BCUT2D eigenvalue weighted by Gasteiger charge is 2.26. The van der Waals surface area contributed by atoms with Gasteiger partial charge in [0.1, 0.15) is 5.25 Å². The van der Waals surface area contributed by atoms with E-state index in [1.54, 1.807) is 22.7 Å². The summed E-state index contributed by atoms with van der Waals surface area (Å²) in [6.45, 7) is 2.09. The number of hydrogen-bond acceptors (Lipinski definition) is 8. The van der Waals surface area contributed by atoms with Crippen molar-refractivity contribution in [3.8, 4) is 0 Å². The molecular weight excluding hydrogens is 326 g/mol. The van der Waals surface area contributed by atoms with Gasteiger partial charge < -0.3 is 9.64 Å². The molecular formula is C13H15N3O2S3. The Morgan fingerprint density at radius 1 is 1.43 bits per heavy atom. The second-order valence-electron chi connectivity index (χ2n) is 4.62. The lowest BCUT2D eigenvalue weighted by Gasteiger charge is -2.12. The molecule has 1 fully saturated rings. The first-order valence-corrected chi connectivity index (χ1v) is 9.27. The standard InChI is InChI=1S/C13H15N3O2S3/c1-18-11(17)10(9-4-7-19-8-9)20-13-15-14-12(21-13)16-5-2-3-6-16/h4,7-8,10H,2-3,5-6H2,1H3. The van der Waals surface area contributed by atoms with Crippen molar-refractivity contribution in [2.75, 3.05) is 25.1 Å². The Labute approximate surface area is 135 Å². The van der Waals surface area contributed by atoms with Gasteiger partial charge >= 0.3 is 5.97 Å². The Bertz CT molecular complexity index is 594. The Hall–Kier alpha value is -1.12. The minimum Gasteiger partial charge on any atom is -0.468 e. The molecule has 0 amide bonds. The number of anilines is 1. The smallest absolute Gasteiger partial charge is 0.323 e. The van der Waals surface area contributed by atoms with Gasteiger partial charge in [0.05, 0.1) is 7.11 Å². The Morgan fingerprint density at radius 3 is 2.90 bits per heavy atom. The Kier molecular flexibility index (Phi) is 4.77. The number of thiophene rings is 1. The Morgan fingerprint density at radius 2 is 2.24 bits per heavy atom. The molecule has 1 aliphatic heterocycles. The number of esters is 1. The van der Waals surface area contributed by atoms with Crippen LogP contribution in [0.25, 0.3) is 0 Å². The van der Waals surface area contributed by atoms with Gasteiger partial charge in [-0.25, -0.2) is 0 Å². The van der Waals surface area contributed by atoms with Crippen molar-refractivity contribution in [3.05, 3.63) is 22.4 Å². The first kappa shape index (κ1) is 14.8. The zero-order valence-electron chi connectivity index (χ0n) is 11.5. The lowest BCUT2D eigenvalue weighted by molar-refractivity contribution is -0.140. The largest absolute Gasteiger partial charge is 0.468 e. The number of thioether (sulfide) groups is 1. The van der Waals surface area contributed by atoms with Crippen molar-refractivity contribution in [3.63, 3.8) is 0 Å². The molecule has 1 unspecified atom stereocenters. The van der Waals surface area contributed by atoms with E-state index < -0.39 is 0 Å². The van der Waals surface area contributed by atoms with Crippen molar-refractivity contribution >= 4 is 45.5 Å². The number of rotatable bonds is 5. The van der Waals surface area contributed by atoms with Crippen molar-refractivity contribution in [2.45, 2.75) is 22.4 Å². The van der Waals surface area contributed by atoms with Crippen molar-refractivity contribution in [1.29, 1.82) is 0 Å². The van der Waals surface area contributed by atoms with E-state index in [9.17, 15) is 4.79 Å². The van der Waals surface area contributed by atoms with Crippen molar-refractivity contribution in [2.24, 2.45) is 0 Å². The summed E-state index contributed by atoms with van der Waals surface area (Å²) in [6.07, 6.45) is 2.42. The summed E-state index contributed by atoms with van der Waals surface area (Å²) in [6, 6.07) is 1.95. The van der Waals surface area contributed by atoms with Gasteiger partial charge in [0.25, 0.3) is 0 Å². The summed E-state index contributed by atoms with van der Waals surface area (Å²) in [5.41, 5.74) is 0.953. The van der Waals surface area contributed by atoms with E-state index in [-0.39, 0.29) is 11.2 Å². The molecule has 5 nitrogen and oxygen atoms in total. The summed E-state index contributed by atoms with van der Waals surface area (Å²) in [4.78, 5) is 14.2. The number of methoxy groups -OCH3 is 1. The molecule has 21 heavy (non-hydrogen) atoms. The number of hydrogen-bond donors (Lipinski definition) is 0. The lowest BCUT2D eigenvalue weighted by atomic mass is 10.2. The van der Waals surface area contributed by atoms with E-state index >= 15 is 0 Å². The van der Waals surface area contributed by atoms with Gasteiger partial charge in [0.15, 0.2) is 4.34 Å². The van der Waals surface area contributed by atoms with E-state index in [4.69, 9.17) is 4.74 Å². The van der Waals surface area contributed by atoms with Gasteiger partial charge in [-0.15, -0.1) is 10.2 Å². The topological polar surface area (TPSA) is 55.3 Å². The molecule has 2 aromatic heterocycles. The van der Waals surface area contributed by atoms with Crippen LogP contribution in [0.5, 0.6) is 0 Å². The third kappa shape index (κ3) is 3.38. The van der Waals surface area contributed by atoms with Crippen LogP contribution >= 0.6 is 34.4 Å². The predicted octanol–water partition coefficient (Wildman–Crippen LogP) is 3.21. The normalized spacial score (nSPS) is 16.1. The van der Waals surface area contributed by atoms with E-state index in [1.807, 2.05) is 16.8 Å². The first-order chi connectivity index (χ1) is 10.3. The van der Waals surface area contributed by atoms with E-state index in [1.165, 1.54) is 31.7 Å². The molecule has 0 spiro atoms. The van der Waals surface area contributed by atoms with Gasteiger partial charge in [-0.2, -0.15) is 11.3 Å². The number of aromatic nitrogens is 2. The second-order valence-corrected chi connectivity index (χ2v) is 7.71. The highest BCUT2D eigenvalue weighted by atomic mass is 32.2. The minimum atomic E-state index is -0.374. The zero-order valence-corrected chi connectivity index (χ0v) is 14.0. The highest BCUT2D eigenvalue weighted by Crippen LogP contribution is 2.40. The van der Waals surface area contributed by atoms with Gasteiger partial charge in [0, 0.05) is 13.1 Å². The molecule has 0 N–H and O–H groups in total. The van der Waals surface area contributed by atoms with Crippen LogP contribution in [0.2, 0.25) is 0 Å². The maximum absolute atomic E-state index is 12.0. The van der Waals surface area contributed by atoms with Gasteiger partial charge in [-0.05, 0) is 35.2 Å². The molecule has 1 aliphatic rings. The van der Waals surface area contributed by atoms with Crippen LogP contribution in [-0.2, 0) is 9.53 Å². The predicted molar refractivity (Wildman–Crippen MR) is 86.3 cm³/mol. The van der Waals surface area contributed by atoms with Crippen LogP contribution in [0.1, 0.15) is 23.7 Å². The Balaban J connectivity index is 1.75. The van der Waals surface area contributed by atoms with E-state index in [0.29, 0.717) is 0 Å². The van der Waals surface area contributed by atoms with Crippen molar-refractivity contribution < 1.29 is 9.53 Å². The van der Waals surface area contributed by atoms with Gasteiger partial charge in [-0.3, -0.25) is 4.79 Å². The zero-order chi connectivity index (χ0) is 14.7. The number of nitrogens with zero attached hydrogens (tertiary/aromatic N) is 3. The third-order valence-corrected chi connectivity index (χ3v) is 6.25. The summed E-state index contributed by atoms with van der Waals surface area (Å²) >= 11 is 4.53. The van der Waals surface area contributed by atoms with Crippen LogP contribution in [0.15, 0.2) is 21.2 Å². The number of carbonyl (C=O) groups is 1. The molecule has 0 saturated carbocycles. The number of carbonyl (C=O) groups excluding carboxylic acids is 1. The van der Waals surface area contributed by atoms with Gasteiger partial charge in [-0.1, -0.05) is 23.1 Å². The molecule has 0 aromatic carbocycles. The molecule has 8 heteroatoms. The molecule has 2 aromatic rings. The van der Waals surface area contributed by atoms with Crippen LogP contribution in [0.3, 0.4) is 0 Å². The molecule has 0 aliphatic carbocycles. The van der Waals surface area contributed by atoms with E-state index in [2.05, 4.69) is 15.1 Å². The SMILES string of the molecule is COC(=O)C(Sc1nnc(N2CCCC2)s1)c1ccsc1. The molecule has 0 radical (unpaired) electrons. The molecule has 3 rings (SSSR count). The summed E-state index contributed by atoms with van der Waals surface area (Å²) in [5, 5.41) is 13.0. The molecule has 3 heterocycles. The van der Waals surface area contributed by atoms with Crippen LogP contribution in [-0.4, -0.2) is 36.4 Å². The van der Waals surface area contributed by atoms with Crippen molar-refractivity contribution in [1.82, 2.24) is 10.2 Å². The monoisotopic (exact) mass is 341 g/mol. The van der Waals surface area contributed by atoms with E-state index in [0.717, 1.165) is 28.1 Å². The fraction of sp³-hybridized carbons (Fsp3) is 0.462. The summed E-state index contributed by atoms with van der Waals surface area (Å²) in [5.74, 6) is -0.253. The first-order valence-electron chi connectivity index (χ1n) is 6.63. The summed E-state index contributed by atoms with van der Waals surface area (Å²) in [7, 11) is 1.41. The number of ether oxygens (including phenoxy) is 1. The summed E-state index contributed by atoms with van der Waals surface area (Å²) < 4.78 is 5.71. The maximum atomic E-state index is 12.0. The fourth-order valence-corrected chi connectivity index (χ4v) is 5.04. The molecule has 1 atom stereocenters. The highest BCUT2D eigenvalue weighted by molar-refractivity contribution is 8.01. The van der Waals surface area contributed by atoms with Crippen LogP contribution in [0, 0.1) is 0 Å². The molecule has 0 bridgehead atoms.